The van der Waals surface area contributed by atoms with Gasteiger partial charge in [0, 0.05) is 0 Å². The predicted octanol–water partition coefficient (Wildman–Crippen LogP) is 6.49. The quantitative estimate of drug-likeness (QED) is 0.223. The molecule has 0 aromatic heterocycles. The summed E-state index contributed by atoms with van der Waals surface area (Å²) in [5.74, 6) is -4.04. The molecule has 0 atom stereocenters. The lowest BCUT2D eigenvalue weighted by molar-refractivity contribution is 0.503. The third kappa shape index (κ3) is 3.17. The van der Waals surface area contributed by atoms with E-state index in [1.165, 1.54) is 24.3 Å². The van der Waals surface area contributed by atoms with E-state index < -0.39 is 23.3 Å². The summed E-state index contributed by atoms with van der Waals surface area (Å²) in [6.45, 7) is 3.61. The first-order chi connectivity index (χ1) is 10.4. The van der Waals surface area contributed by atoms with E-state index in [4.69, 9.17) is 0 Å². The normalized spacial score (nSPS) is 11.6. The molecule has 0 unspecified atom stereocenters. The first kappa shape index (κ1) is 17.0. The van der Waals surface area contributed by atoms with Gasteiger partial charge in [-0.15, -0.1) is 0 Å². The molecule has 2 aromatic carbocycles. The molecule has 0 saturated heterocycles. The van der Waals surface area contributed by atoms with Crippen LogP contribution in [-0.2, 0) is 0 Å². The van der Waals surface area contributed by atoms with Gasteiger partial charge in [-0.3, -0.25) is 0 Å². The molecule has 2 aromatic rings. The average molecular weight is 436 g/mol. The second-order valence-corrected chi connectivity index (χ2v) is 5.88. The van der Waals surface area contributed by atoms with Crippen LogP contribution in [0.15, 0.2) is 45.9 Å². The van der Waals surface area contributed by atoms with Crippen LogP contribution in [0.5, 0.6) is 0 Å². The van der Waals surface area contributed by atoms with Gasteiger partial charge in [0.05, 0.1) is 8.95 Å². The second kappa shape index (κ2) is 6.79. The van der Waals surface area contributed by atoms with Gasteiger partial charge in [-0.2, -0.15) is 0 Å². The topological polar surface area (TPSA) is 0 Å². The maximum atomic E-state index is 13.6. The molecule has 6 heteroatoms. The Labute approximate surface area is 141 Å². The molecule has 0 N–H and O–H groups in total. The second-order valence-electron chi connectivity index (χ2n) is 4.29. The minimum absolute atomic E-state index is 0.0643. The monoisotopic (exact) mass is 434 g/mol. The van der Waals surface area contributed by atoms with E-state index in [0.717, 1.165) is 12.1 Å². The smallest absolute Gasteiger partial charge is 0.173 e. The van der Waals surface area contributed by atoms with Crippen molar-refractivity contribution in [2.24, 2.45) is 0 Å². The van der Waals surface area contributed by atoms with Gasteiger partial charge in [-0.05, 0) is 66.8 Å². The summed E-state index contributed by atoms with van der Waals surface area (Å²) in [5.41, 5.74) is 1.09. The van der Waals surface area contributed by atoms with Crippen LogP contribution in [0.4, 0.5) is 17.6 Å². The molecule has 0 nitrogen and oxygen atoms in total. The van der Waals surface area contributed by atoms with Crippen molar-refractivity contribution in [3.63, 3.8) is 0 Å². The number of rotatable bonds is 3. The minimum Gasteiger partial charge on any atom is -0.204 e. The van der Waals surface area contributed by atoms with Crippen molar-refractivity contribution in [3.05, 3.63) is 80.3 Å². The van der Waals surface area contributed by atoms with Gasteiger partial charge in [0.15, 0.2) is 23.3 Å². The zero-order chi connectivity index (χ0) is 16.4. The molecule has 0 fully saturated rings. The molecule has 0 saturated carbocycles. The van der Waals surface area contributed by atoms with Crippen LogP contribution in [0.2, 0.25) is 0 Å². The molecule has 0 radical (unpaired) electrons. The van der Waals surface area contributed by atoms with Crippen molar-refractivity contribution in [1.29, 1.82) is 0 Å². The molecule has 0 amide bonds. The highest BCUT2D eigenvalue weighted by Crippen LogP contribution is 2.32. The third-order valence-electron chi connectivity index (χ3n) is 2.94. The SMILES string of the molecule is C=C/C(=C\c1ccc(F)c(F)c1Br)c1ccc(F)c(F)c1Br. The fraction of sp³-hybridized carbons (Fsp3) is 0. The van der Waals surface area contributed by atoms with Gasteiger partial charge in [-0.25, -0.2) is 17.6 Å². The first-order valence-corrected chi connectivity index (χ1v) is 7.57. The van der Waals surface area contributed by atoms with Gasteiger partial charge >= 0.3 is 0 Å². The molecule has 22 heavy (non-hydrogen) atoms. The van der Waals surface area contributed by atoms with Crippen LogP contribution in [0.25, 0.3) is 11.6 Å². The summed E-state index contributed by atoms with van der Waals surface area (Å²) in [6.07, 6.45) is 2.89. The maximum Gasteiger partial charge on any atom is 0.173 e. The van der Waals surface area contributed by atoms with Crippen molar-refractivity contribution in [1.82, 2.24) is 0 Å². The summed E-state index contributed by atoms with van der Waals surface area (Å²) in [4.78, 5) is 0. The Hall–Kier alpha value is -1.40. The van der Waals surface area contributed by atoms with E-state index in [1.807, 2.05) is 0 Å². The number of benzene rings is 2. The Kier molecular flexibility index (Phi) is 5.24. The molecular weight excluding hydrogens is 428 g/mol. The Morgan fingerprint density at radius 2 is 1.41 bits per heavy atom. The van der Waals surface area contributed by atoms with Gasteiger partial charge < -0.3 is 0 Å². The molecule has 0 aliphatic rings. The van der Waals surface area contributed by atoms with E-state index >= 15 is 0 Å². The number of halogens is 6. The van der Waals surface area contributed by atoms with Crippen LogP contribution < -0.4 is 0 Å². The zero-order valence-corrected chi connectivity index (χ0v) is 14.1. The van der Waals surface area contributed by atoms with Crippen molar-refractivity contribution < 1.29 is 17.6 Å². The van der Waals surface area contributed by atoms with E-state index in [0.29, 0.717) is 16.7 Å². The Bertz CT molecular complexity index is 782. The average Bonchev–Trinajstić information content (AvgIpc) is 2.51. The number of hydrogen-bond donors (Lipinski definition) is 0. The molecule has 2 rings (SSSR count). The summed E-state index contributed by atoms with van der Waals surface area (Å²) < 4.78 is 53.3. The van der Waals surface area contributed by atoms with E-state index in [9.17, 15) is 17.6 Å². The van der Waals surface area contributed by atoms with Gasteiger partial charge in [0.2, 0.25) is 0 Å². The summed E-state index contributed by atoms with van der Waals surface area (Å²) >= 11 is 5.95. The molecule has 0 heterocycles. The molecule has 0 aliphatic carbocycles. The van der Waals surface area contributed by atoms with Gasteiger partial charge in [-0.1, -0.05) is 24.8 Å². The lowest BCUT2D eigenvalue weighted by Crippen LogP contribution is -1.93. The molecule has 0 spiro atoms. The highest BCUT2D eigenvalue weighted by atomic mass is 79.9. The first-order valence-electron chi connectivity index (χ1n) is 5.98. The molecule has 114 valence electrons. The van der Waals surface area contributed by atoms with Gasteiger partial charge in [0.1, 0.15) is 0 Å². The maximum absolute atomic E-state index is 13.6. The fourth-order valence-electron chi connectivity index (χ4n) is 1.82. The van der Waals surface area contributed by atoms with Crippen molar-refractivity contribution in [2.75, 3.05) is 0 Å². The van der Waals surface area contributed by atoms with Crippen LogP contribution in [0.1, 0.15) is 11.1 Å². The Morgan fingerprint density at radius 3 is 2.00 bits per heavy atom. The van der Waals surface area contributed by atoms with E-state index in [-0.39, 0.29) is 8.95 Å². The van der Waals surface area contributed by atoms with Crippen LogP contribution in [-0.4, -0.2) is 0 Å². The van der Waals surface area contributed by atoms with Gasteiger partial charge in [0.25, 0.3) is 0 Å². The van der Waals surface area contributed by atoms with Crippen molar-refractivity contribution in [2.45, 2.75) is 0 Å². The highest BCUT2D eigenvalue weighted by molar-refractivity contribution is 9.10. The minimum atomic E-state index is -1.03. The fourth-order valence-corrected chi connectivity index (χ4v) is 2.80. The third-order valence-corrected chi connectivity index (χ3v) is 4.52. The van der Waals surface area contributed by atoms with E-state index in [2.05, 4.69) is 38.4 Å². The number of hydrogen-bond acceptors (Lipinski definition) is 0. The zero-order valence-electron chi connectivity index (χ0n) is 10.9. The lowest BCUT2D eigenvalue weighted by Gasteiger charge is -2.09. The van der Waals surface area contributed by atoms with Crippen molar-refractivity contribution in [3.8, 4) is 0 Å². The highest BCUT2D eigenvalue weighted by Gasteiger charge is 2.14. The van der Waals surface area contributed by atoms with Crippen LogP contribution in [0, 0.1) is 23.3 Å². The van der Waals surface area contributed by atoms with E-state index in [1.54, 1.807) is 0 Å². The molecule has 0 aliphatic heterocycles. The van der Waals surface area contributed by atoms with Crippen LogP contribution >= 0.6 is 31.9 Å². The Morgan fingerprint density at radius 1 is 0.864 bits per heavy atom. The number of allylic oxidation sites excluding steroid dienone is 2. The Balaban J connectivity index is 2.61. The molecule has 0 bridgehead atoms. The summed E-state index contributed by atoms with van der Waals surface area (Å²) in [6, 6.07) is 4.68. The summed E-state index contributed by atoms with van der Waals surface area (Å²) in [5, 5.41) is 0. The standard InChI is InChI=1S/C16H8Br2F4/c1-2-8(10-4-6-12(20)16(22)14(10)18)7-9-3-5-11(19)15(21)13(9)17/h2-7H,1H2/b8-7+. The van der Waals surface area contributed by atoms with Crippen LogP contribution in [0.3, 0.4) is 0 Å². The predicted molar refractivity (Wildman–Crippen MR) is 86.2 cm³/mol. The molecular formula is C16H8Br2F4. The van der Waals surface area contributed by atoms with Crippen molar-refractivity contribution >= 4 is 43.5 Å². The lowest BCUT2D eigenvalue weighted by atomic mass is 10.0. The summed E-state index contributed by atoms with van der Waals surface area (Å²) in [7, 11) is 0. The largest absolute Gasteiger partial charge is 0.204 e.